The second-order valence-corrected chi connectivity index (χ2v) is 7.80. The Morgan fingerprint density at radius 1 is 1.16 bits per heavy atom. The van der Waals surface area contributed by atoms with Crippen LogP contribution in [0.2, 0.25) is 5.02 Å². The first-order chi connectivity index (χ1) is 15.1. The van der Waals surface area contributed by atoms with Crippen LogP contribution in [0.15, 0.2) is 54.7 Å². The van der Waals surface area contributed by atoms with E-state index < -0.39 is 0 Å². The molecule has 1 aliphatic rings. The fourth-order valence-corrected chi connectivity index (χ4v) is 3.53. The minimum Gasteiger partial charge on any atom is -0.494 e. The summed E-state index contributed by atoms with van der Waals surface area (Å²) in [5, 5.41) is 10.7. The van der Waals surface area contributed by atoms with Crippen molar-refractivity contribution in [1.82, 2.24) is 9.78 Å². The Hall–Kier alpha value is -3.32. The molecule has 8 heteroatoms. The Morgan fingerprint density at radius 2 is 2.00 bits per heavy atom. The van der Waals surface area contributed by atoms with Gasteiger partial charge in [0.2, 0.25) is 11.8 Å². The zero-order valence-electron chi connectivity index (χ0n) is 16.9. The summed E-state index contributed by atoms with van der Waals surface area (Å²) in [6.45, 7) is 0.976. The van der Waals surface area contributed by atoms with Crippen LogP contribution in [0.4, 0.5) is 11.5 Å². The maximum Gasteiger partial charge on any atom is 0.225 e. The van der Waals surface area contributed by atoms with Crippen LogP contribution in [0.25, 0.3) is 0 Å². The molecule has 0 saturated carbocycles. The second-order valence-electron chi connectivity index (χ2n) is 7.37. The van der Waals surface area contributed by atoms with Crippen molar-refractivity contribution >= 4 is 34.9 Å². The Balaban J connectivity index is 1.23. The molecule has 0 unspecified atom stereocenters. The number of fused-ring (bicyclic) bond motifs is 1. The largest absolute Gasteiger partial charge is 0.494 e. The minimum absolute atomic E-state index is 0.0432. The van der Waals surface area contributed by atoms with Gasteiger partial charge in [-0.15, -0.1) is 0 Å². The minimum atomic E-state index is -0.0883. The molecular formula is C23H23ClN4O3. The van der Waals surface area contributed by atoms with Crippen LogP contribution in [0, 0.1) is 0 Å². The molecule has 0 spiro atoms. The summed E-state index contributed by atoms with van der Waals surface area (Å²) in [7, 11) is 0. The Bertz CT molecular complexity index is 1080. The topological polar surface area (TPSA) is 85.2 Å². The molecule has 0 fully saturated rings. The van der Waals surface area contributed by atoms with Gasteiger partial charge in [-0.3, -0.25) is 9.59 Å². The lowest BCUT2D eigenvalue weighted by Gasteiger charge is -2.17. The summed E-state index contributed by atoms with van der Waals surface area (Å²) in [4.78, 5) is 23.8. The van der Waals surface area contributed by atoms with E-state index >= 15 is 0 Å². The highest BCUT2D eigenvalue weighted by Gasteiger charge is 2.15. The van der Waals surface area contributed by atoms with Crippen molar-refractivity contribution in [2.45, 2.75) is 32.2 Å². The zero-order valence-corrected chi connectivity index (χ0v) is 17.7. The first-order valence-electron chi connectivity index (χ1n) is 10.2. The number of aryl methyl sites for hydroxylation is 1. The number of hydrogen-bond donors (Lipinski definition) is 2. The molecule has 0 bridgehead atoms. The third-order valence-electron chi connectivity index (χ3n) is 5.02. The lowest BCUT2D eigenvalue weighted by molar-refractivity contribution is -0.117. The van der Waals surface area contributed by atoms with Gasteiger partial charge in [0.15, 0.2) is 0 Å². The number of nitrogens with one attached hydrogen (secondary N) is 2. The fraction of sp³-hybridized carbons (Fsp3) is 0.261. The molecule has 2 aromatic carbocycles. The van der Waals surface area contributed by atoms with Crippen LogP contribution < -0.4 is 15.4 Å². The van der Waals surface area contributed by atoms with Gasteiger partial charge in [0, 0.05) is 29.6 Å². The van der Waals surface area contributed by atoms with Gasteiger partial charge in [0.05, 0.1) is 19.3 Å². The number of carbonyl (C=O) groups is 2. The number of hydrogen-bond acceptors (Lipinski definition) is 4. The fourth-order valence-electron chi connectivity index (χ4n) is 3.41. The van der Waals surface area contributed by atoms with E-state index in [1.54, 1.807) is 16.9 Å². The van der Waals surface area contributed by atoms with Crippen molar-refractivity contribution < 1.29 is 14.3 Å². The summed E-state index contributed by atoms with van der Waals surface area (Å²) in [5.74, 6) is 1.35. The molecule has 2 heterocycles. The van der Waals surface area contributed by atoms with Gasteiger partial charge in [-0.25, -0.2) is 4.68 Å². The number of halogens is 1. The van der Waals surface area contributed by atoms with Crippen LogP contribution in [0.5, 0.6) is 5.75 Å². The van der Waals surface area contributed by atoms with Crippen LogP contribution >= 0.6 is 11.6 Å². The van der Waals surface area contributed by atoms with E-state index in [0.717, 1.165) is 22.6 Å². The van der Waals surface area contributed by atoms with Crippen molar-refractivity contribution in [3.05, 3.63) is 70.9 Å². The third-order valence-corrected chi connectivity index (χ3v) is 5.27. The van der Waals surface area contributed by atoms with Crippen molar-refractivity contribution in [3.8, 4) is 5.75 Å². The lowest BCUT2D eigenvalue weighted by atomic mass is 10.0. The van der Waals surface area contributed by atoms with Gasteiger partial charge in [0.25, 0.3) is 0 Å². The Labute approximate surface area is 185 Å². The van der Waals surface area contributed by atoms with Crippen molar-refractivity contribution in [1.29, 1.82) is 0 Å². The summed E-state index contributed by atoms with van der Waals surface area (Å²) in [5.41, 5.74) is 2.96. The molecule has 0 radical (unpaired) electrons. The van der Waals surface area contributed by atoms with E-state index in [2.05, 4.69) is 15.7 Å². The number of rotatable bonds is 8. The van der Waals surface area contributed by atoms with E-state index in [9.17, 15) is 9.59 Å². The van der Waals surface area contributed by atoms with Crippen molar-refractivity contribution in [2.75, 3.05) is 17.2 Å². The zero-order chi connectivity index (χ0) is 21.6. The molecule has 160 valence electrons. The average Bonchev–Trinajstić information content (AvgIpc) is 3.19. The number of amides is 2. The predicted molar refractivity (Wildman–Crippen MR) is 120 cm³/mol. The van der Waals surface area contributed by atoms with Gasteiger partial charge >= 0.3 is 0 Å². The van der Waals surface area contributed by atoms with Gasteiger partial charge in [-0.1, -0.05) is 23.7 Å². The summed E-state index contributed by atoms with van der Waals surface area (Å²) < 4.78 is 7.52. The molecule has 0 saturated heterocycles. The molecule has 0 aliphatic carbocycles. The maximum atomic E-state index is 12.3. The summed E-state index contributed by atoms with van der Waals surface area (Å²) in [6, 6.07) is 14.9. The van der Waals surface area contributed by atoms with Crippen LogP contribution in [0.1, 0.15) is 30.4 Å². The number of ether oxygens (including phenoxy) is 1. The normalized spacial score (nSPS) is 12.7. The average molecular weight is 439 g/mol. The Morgan fingerprint density at radius 3 is 2.84 bits per heavy atom. The van der Waals surface area contributed by atoms with E-state index in [-0.39, 0.29) is 11.8 Å². The molecule has 1 aromatic heterocycles. The Kier molecular flexibility index (Phi) is 6.52. The van der Waals surface area contributed by atoms with Crippen molar-refractivity contribution in [3.63, 3.8) is 0 Å². The van der Waals surface area contributed by atoms with Gasteiger partial charge in [-0.2, -0.15) is 5.10 Å². The second kappa shape index (κ2) is 9.66. The van der Waals surface area contributed by atoms with Crippen molar-refractivity contribution in [2.24, 2.45) is 0 Å². The molecular weight excluding hydrogens is 416 g/mol. The first kappa shape index (κ1) is 20.9. The van der Waals surface area contributed by atoms with Crippen LogP contribution in [0.3, 0.4) is 0 Å². The van der Waals surface area contributed by atoms with Crippen LogP contribution in [-0.4, -0.2) is 28.2 Å². The third kappa shape index (κ3) is 5.64. The van der Waals surface area contributed by atoms with E-state index in [0.29, 0.717) is 49.7 Å². The highest BCUT2D eigenvalue weighted by molar-refractivity contribution is 6.30. The van der Waals surface area contributed by atoms with Gasteiger partial charge < -0.3 is 15.4 Å². The number of nitrogens with zero attached hydrogens (tertiary/aromatic N) is 2. The molecule has 3 aromatic rings. The molecule has 2 amide bonds. The highest BCUT2D eigenvalue weighted by Crippen LogP contribution is 2.26. The summed E-state index contributed by atoms with van der Waals surface area (Å²) >= 11 is 5.93. The quantitative estimate of drug-likeness (QED) is 0.514. The van der Waals surface area contributed by atoms with E-state index in [1.807, 2.05) is 42.5 Å². The van der Waals surface area contributed by atoms with Crippen LogP contribution in [-0.2, 0) is 22.6 Å². The van der Waals surface area contributed by atoms with Gasteiger partial charge in [-0.05, 0) is 54.3 Å². The molecule has 31 heavy (non-hydrogen) atoms. The molecule has 1 aliphatic heterocycles. The molecule has 0 atom stereocenters. The first-order valence-corrected chi connectivity index (χ1v) is 10.6. The standard InChI is InChI=1S/C23H23ClN4O3/c24-18-6-3-16(4-7-18)15-28-21(11-12-25-28)27-22(29)2-1-13-31-19-8-9-20-17(14-19)5-10-23(30)26-20/h3-4,6-9,11-12,14H,1-2,5,10,13,15H2,(H,26,30)(H,27,29). The number of anilines is 2. The monoisotopic (exact) mass is 438 g/mol. The smallest absolute Gasteiger partial charge is 0.225 e. The lowest BCUT2D eigenvalue weighted by Crippen LogP contribution is -2.19. The predicted octanol–water partition coefficient (Wildman–Crippen LogP) is 4.27. The molecule has 7 nitrogen and oxygen atoms in total. The number of benzene rings is 2. The van der Waals surface area contributed by atoms with Gasteiger partial charge in [0.1, 0.15) is 11.6 Å². The number of aromatic nitrogens is 2. The van der Waals surface area contributed by atoms with E-state index in [4.69, 9.17) is 16.3 Å². The summed E-state index contributed by atoms with van der Waals surface area (Å²) in [6.07, 6.45) is 3.79. The molecule has 2 N–H and O–H groups in total. The van der Waals surface area contributed by atoms with E-state index in [1.165, 1.54) is 0 Å². The molecule has 4 rings (SSSR count). The number of carbonyl (C=O) groups excluding carboxylic acids is 2. The maximum absolute atomic E-state index is 12.3. The SMILES string of the molecule is O=C1CCc2cc(OCCCC(=O)Nc3ccnn3Cc3ccc(Cl)cc3)ccc2N1. The highest BCUT2D eigenvalue weighted by atomic mass is 35.5.